The summed E-state index contributed by atoms with van der Waals surface area (Å²) in [6, 6.07) is 2.93. The molecule has 8 heteroatoms. The summed E-state index contributed by atoms with van der Waals surface area (Å²) in [6.07, 6.45) is 0.654. The molecule has 0 bridgehead atoms. The first-order valence-electron chi connectivity index (χ1n) is 5.58. The largest absolute Gasteiger partial charge is 0.352 e. The number of primary sulfonamides is 1. The molecule has 0 spiro atoms. The van der Waals surface area contributed by atoms with E-state index in [-0.39, 0.29) is 16.4 Å². The fourth-order valence-electron chi connectivity index (χ4n) is 1.58. The normalized spacial score (nSPS) is 11.4. The summed E-state index contributed by atoms with van der Waals surface area (Å²) in [6.45, 7) is 2.45. The molecule has 0 aliphatic carbocycles. The van der Waals surface area contributed by atoms with Gasteiger partial charge >= 0.3 is 0 Å². The lowest BCUT2D eigenvalue weighted by molar-refractivity contribution is 0.0952. The Kier molecular flexibility index (Phi) is 5.48. The Hall–Kier alpha value is -0.960. The highest BCUT2D eigenvalue weighted by atomic mass is 79.9. The molecule has 0 aliphatic rings. The maximum absolute atomic E-state index is 12.0. The fourth-order valence-corrected chi connectivity index (χ4v) is 3.02. The van der Waals surface area contributed by atoms with Gasteiger partial charge in [0.15, 0.2) is 0 Å². The van der Waals surface area contributed by atoms with Crippen LogP contribution in [0.15, 0.2) is 21.5 Å². The van der Waals surface area contributed by atoms with Crippen LogP contribution in [0.1, 0.15) is 22.3 Å². The monoisotopic (exact) mass is 349 g/mol. The zero-order chi connectivity index (χ0) is 14.6. The van der Waals surface area contributed by atoms with Gasteiger partial charge in [-0.05, 0) is 37.6 Å². The number of rotatable bonds is 5. The fraction of sp³-hybridized carbons (Fsp3) is 0.364. The Morgan fingerprint density at radius 3 is 2.58 bits per heavy atom. The molecular formula is C11H16BrN3O3S. The van der Waals surface area contributed by atoms with E-state index in [9.17, 15) is 13.2 Å². The molecule has 6 nitrogen and oxygen atoms in total. The number of benzene rings is 1. The van der Waals surface area contributed by atoms with Crippen molar-refractivity contribution in [2.24, 2.45) is 10.9 Å². The lowest BCUT2D eigenvalue weighted by Gasteiger charge is -2.11. The number of sulfonamides is 1. The van der Waals surface area contributed by atoms with Gasteiger partial charge in [0, 0.05) is 16.6 Å². The molecule has 1 amide bonds. The summed E-state index contributed by atoms with van der Waals surface area (Å²) >= 11 is 3.17. The third-order valence-corrected chi connectivity index (χ3v) is 4.04. The lowest BCUT2D eigenvalue weighted by Crippen LogP contribution is -2.27. The van der Waals surface area contributed by atoms with Crippen LogP contribution in [0, 0.1) is 6.92 Å². The van der Waals surface area contributed by atoms with E-state index in [1.807, 2.05) is 0 Å². The van der Waals surface area contributed by atoms with Crippen LogP contribution in [0.3, 0.4) is 0 Å². The first-order valence-corrected chi connectivity index (χ1v) is 7.92. The second-order valence-electron chi connectivity index (χ2n) is 4.02. The molecule has 0 saturated heterocycles. The molecule has 0 saturated carbocycles. The van der Waals surface area contributed by atoms with Gasteiger partial charge < -0.3 is 11.1 Å². The molecule has 0 atom stereocenters. The van der Waals surface area contributed by atoms with Gasteiger partial charge in [-0.2, -0.15) is 0 Å². The average molecular weight is 350 g/mol. The van der Waals surface area contributed by atoms with Crippen molar-refractivity contribution >= 4 is 31.9 Å². The number of hydrogen-bond acceptors (Lipinski definition) is 4. The molecule has 19 heavy (non-hydrogen) atoms. The van der Waals surface area contributed by atoms with Gasteiger partial charge in [0.25, 0.3) is 5.91 Å². The van der Waals surface area contributed by atoms with Crippen LogP contribution in [0.4, 0.5) is 0 Å². The zero-order valence-electron chi connectivity index (χ0n) is 10.4. The molecule has 0 heterocycles. The van der Waals surface area contributed by atoms with E-state index in [0.717, 1.165) is 0 Å². The number of nitrogens with one attached hydrogen (secondary N) is 1. The third kappa shape index (κ3) is 4.27. The molecule has 1 rings (SSSR count). The van der Waals surface area contributed by atoms with Gasteiger partial charge in [-0.25, -0.2) is 13.6 Å². The van der Waals surface area contributed by atoms with Crippen LogP contribution in [-0.2, 0) is 10.0 Å². The Balaban J connectivity index is 3.15. The van der Waals surface area contributed by atoms with Crippen LogP contribution >= 0.6 is 15.9 Å². The summed E-state index contributed by atoms with van der Waals surface area (Å²) in [5.74, 6) is -0.350. The van der Waals surface area contributed by atoms with Crippen LogP contribution in [-0.4, -0.2) is 27.4 Å². The van der Waals surface area contributed by atoms with Crippen molar-refractivity contribution in [3.8, 4) is 0 Å². The minimum absolute atomic E-state index is 0.0640. The van der Waals surface area contributed by atoms with E-state index in [4.69, 9.17) is 10.9 Å². The molecule has 106 valence electrons. The van der Waals surface area contributed by atoms with Crippen LogP contribution < -0.4 is 16.2 Å². The standard InChI is InChI=1S/C11H16BrN3O3S/c1-7-9(11(16)15-4-2-3-13)5-8(12)6-10(7)19(14,17)18/h5-6H,2-4,13H2,1H3,(H,15,16)(H2,14,17,18). The van der Waals surface area contributed by atoms with E-state index >= 15 is 0 Å². The van der Waals surface area contributed by atoms with Gasteiger partial charge in [0.1, 0.15) is 0 Å². The highest BCUT2D eigenvalue weighted by molar-refractivity contribution is 9.10. The maximum atomic E-state index is 12.0. The minimum atomic E-state index is -3.87. The zero-order valence-corrected chi connectivity index (χ0v) is 12.8. The molecular weight excluding hydrogens is 334 g/mol. The van der Waals surface area contributed by atoms with Crippen molar-refractivity contribution in [1.82, 2.24) is 5.32 Å². The second-order valence-corrected chi connectivity index (χ2v) is 6.47. The number of hydrogen-bond donors (Lipinski definition) is 3. The number of halogens is 1. The van der Waals surface area contributed by atoms with Crippen LogP contribution in [0.25, 0.3) is 0 Å². The quantitative estimate of drug-likeness (QED) is 0.670. The first kappa shape index (κ1) is 16.1. The number of nitrogens with two attached hydrogens (primary N) is 2. The summed E-state index contributed by atoms with van der Waals surface area (Å²) in [7, 11) is -3.87. The minimum Gasteiger partial charge on any atom is -0.352 e. The van der Waals surface area contributed by atoms with E-state index in [1.165, 1.54) is 6.07 Å². The van der Waals surface area contributed by atoms with Gasteiger partial charge in [-0.15, -0.1) is 0 Å². The average Bonchev–Trinajstić information content (AvgIpc) is 2.30. The van der Waals surface area contributed by atoms with Gasteiger partial charge in [-0.3, -0.25) is 4.79 Å². The summed E-state index contributed by atoms with van der Waals surface area (Å²) in [5, 5.41) is 7.79. The van der Waals surface area contributed by atoms with E-state index in [1.54, 1.807) is 13.0 Å². The molecule has 0 fully saturated rings. The van der Waals surface area contributed by atoms with Gasteiger partial charge in [-0.1, -0.05) is 15.9 Å². The van der Waals surface area contributed by atoms with Gasteiger partial charge in [0.05, 0.1) is 4.90 Å². The number of amides is 1. The molecule has 0 aromatic heterocycles. The third-order valence-electron chi connectivity index (χ3n) is 2.54. The highest BCUT2D eigenvalue weighted by Gasteiger charge is 2.19. The summed E-state index contributed by atoms with van der Waals surface area (Å²) in [4.78, 5) is 11.9. The van der Waals surface area contributed by atoms with Crippen molar-refractivity contribution in [3.63, 3.8) is 0 Å². The SMILES string of the molecule is Cc1c(C(=O)NCCCN)cc(Br)cc1S(N)(=O)=O. The molecule has 0 radical (unpaired) electrons. The highest BCUT2D eigenvalue weighted by Crippen LogP contribution is 2.23. The van der Waals surface area contributed by atoms with Crippen molar-refractivity contribution in [1.29, 1.82) is 0 Å². The molecule has 1 aromatic carbocycles. The van der Waals surface area contributed by atoms with Crippen LogP contribution in [0.2, 0.25) is 0 Å². The smallest absolute Gasteiger partial charge is 0.251 e. The Morgan fingerprint density at radius 2 is 2.05 bits per heavy atom. The Bertz CT molecular complexity index is 587. The second kappa shape index (κ2) is 6.47. The Labute approximate surface area is 120 Å². The Morgan fingerprint density at radius 1 is 1.42 bits per heavy atom. The molecule has 1 aromatic rings. The summed E-state index contributed by atoms with van der Waals surface area (Å²) in [5.41, 5.74) is 5.94. The maximum Gasteiger partial charge on any atom is 0.251 e. The van der Waals surface area contributed by atoms with E-state index < -0.39 is 10.0 Å². The molecule has 0 aliphatic heterocycles. The van der Waals surface area contributed by atoms with Crippen LogP contribution in [0.5, 0.6) is 0 Å². The number of carbonyl (C=O) groups is 1. The van der Waals surface area contributed by atoms with Gasteiger partial charge in [0.2, 0.25) is 10.0 Å². The van der Waals surface area contributed by atoms with Crippen molar-refractivity contribution in [2.45, 2.75) is 18.2 Å². The van der Waals surface area contributed by atoms with Crippen molar-refractivity contribution < 1.29 is 13.2 Å². The predicted molar refractivity (Wildman–Crippen MR) is 76.3 cm³/mol. The van der Waals surface area contributed by atoms with Crippen molar-refractivity contribution in [3.05, 3.63) is 27.7 Å². The number of carbonyl (C=O) groups excluding carboxylic acids is 1. The van der Waals surface area contributed by atoms with Crippen molar-refractivity contribution in [2.75, 3.05) is 13.1 Å². The summed E-state index contributed by atoms with van der Waals surface area (Å²) < 4.78 is 23.4. The lowest BCUT2D eigenvalue weighted by atomic mass is 10.1. The molecule has 5 N–H and O–H groups in total. The van der Waals surface area contributed by atoms with E-state index in [2.05, 4.69) is 21.2 Å². The van der Waals surface area contributed by atoms with E-state index in [0.29, 0.717) is 29.5 Å². The predicted octanol–water partition coefficient (Wildman–Crippen LogP) is 0.484. The first-order chi connectivity index (χ1) is 8.77. The molecule has 0 unspecified atom stereocenters. The topological polar surface area (TPSA) is 115 Å².